The number of amidine groups is 1. The molecule has 2 aliphatic heterocycles. The fourth-order valence-corrected chi connectivity index (χ4v) is 4.50. The second kappa shape index (κ2) is 4.93. The first kappa shape index (κ1) is 13.7. The number of nitrogens with zero attached hydrogens (tertiary/aromatic N) is 1. The summed E-state index contributed by atoms with van der Waals surface area (Å²) >= 11 is 1.88. The predicted molar refractivity (Wildman–Crippen MR) is 78.8 cm³/mol. The molecule has 5 heteroatoms. The largest absolute Gasteiger partial charge is 0.381 e. The van der Waals surface area contributed by atoms with Crippen molar-refractivity contribution in [3.05, 3.63) is 0 Å². The quantitative estimate of drug-likeness (QED) is 0.843. The highest BCUT2D eigenvalue weighted by molar-refractivity contribution is 8.14. The highest BCUT2D eigenvalue weighted by atomic mass is 32.2. The molecular formula is C14H24N2O2S. The topological polar surface area (TPSA) is 42.8 Å². The van der Waals surface area contributed by atoms with E-state index in [2.05, 4.69) is 19.2 Å². The lowest BCUT2D eigenvalue weighted by molar-refractivity contribution is -0.0850. The Morgan fingerprint density at radius 3 is 2.74 bits per heavy atom. The Hall–Kier alpha value is -0.260. The zero-order chi connectivity index (χ0) is 13.5. The minimum atomic E-state index is 0.162. The molecule has 0 bridgehead atoms. The van der Waals surface area contributed by atoms with Crippen LogP contribution in [0.5, 0.6) is 0 Å². The average Bonchev–Trinajstić information content (AvgIpc) is 2.78. The third kappa shape index (κ3) is 2.41. The Labute approximate surface area is 119 Å². The summed E-state index contributed by atoms with van der Waals surface area (Å²) in [6, 6.07) is 0.391. The maximum atomic E-state index is 5.49. The molecule has 0 aromatic heterocycles. The van der Waals surface area contributed by atoms with Gasteiger partial charge < -0.3 is 14.8 Å². The molecule has 2 heterocycles. The van der Waals surface area contributed by atoms with Gasteiger partial charge in [0.05, 0.1) is 17.7 Å². The van der Waals surface area contributed by atoms with Gasteiger partial charge in [0, 0.05) is 31.5 Å². The van der Waals surface area contributed by atoms with Crippen molar-refractivity contribution < 1.29 is 9.47 Å². The van der Waals surface area contributed by atoms with Crippen LogP contribution in [0.3, 0.4) is 0 Å². The number of methoxy groups -OCH3 is 1. The van der Waals surface area contributed by atoms with Crippen LogP contribution in [-0.2, 0) is 9.47 Å². The number of ether oxygens (including phenoxy) is 2. The van der Waals surface area contributed by atoms with Gasteiger partial charge in [0.2, 0.25) is 0 Å². The van der Waals surface area contributed by atoms with Gasteiger partial charge in [0.25, 0.3) is 0 Å². The summed E-state index contributed by atoms with van der Waals surface area (Å²) in [5.41, 5.74) is 0.408. The van der Waals surface area contributed by atoms with Crippen molar-refractivity contribution in [3.63, 3.8) is 0 Å². The van der Waals surface area contributed by atoms with E-state index in [9.17, 15) is 0 Å². The van der Waals surface area contributed by atoms with E-state index < -0.39 is 0 Å². The number of aliphatic imine (C=N–C) groups is 1. The minimum absolute atomic E-state index is 0.162. The lowest BCUT2D eigenvalue weighted by Crippen LogP contribution is -2.54. The normalized spacial score (nSPS) is 38.2. The van der Waals surface area contributed by atoms with E-state index in [1.807, 2.05) is 11.8 Å². The molecule has 2 saturated heterocycles. The van der Waals surface area contributed by atoms with Crippen molar-refractivity contribution in [2.45, 2.75) is 50.8 Å². The second-order valence-corrected chi connectivity index (χ2v) is 7.50. The average molecular weight is 284 g/mol. The molecule has 3 rings (SSSR count). The molecule has 19 heavy (non-hydrogen) atoms. The van der Waals surface area contributed by atoms with Crippen LogP contribution in [0.25, 0.3) is 0 Å². The third-order valence-corrected chi connectivity index (χ3v) is 6.17. The molecule has 3 aliphatic rings. The number of hydrogen-bond donors (Lipinski definition) is 1. The van der Waals surface area contributed by atoms with Gasteiger partial charge >= 0.3 is 0 Å². The minimum Gasteiger partial charge on any atom is -0.381 e. The summed E-state index contributed by atoms with van der Waals surface area (Å²) in [7, 11) is 1.80. The first-order valence-electron chi connectivity index (χ1n) is 7.15. The maximum Gasteiger partial charge on any atom is 0.157 e. The van der Waals surface area contributed by atoms with Gasteiger partial charge in [-0.1, -0.05) is 25.6 Å². The van der Waals surface area contributed by atoms with E-state index in [-0.39, 0.29) is 11.0 Å². The van der Waals surface area contributed by atoms with Gasteiger partial charge in [0.1, 0.15) is 0 Å². The van der Waals surface area contributed by atoms with E-state index in [0.717, 1.165) is 43.4 Å². The van der Waals surface area contributed by atoms with Crippen LogP contribution < -0.4 is 5.32 Å². The lowest BCUT2D eigenvalue weighted by Gasteiger charge is -2.49. The van der Waals surface area contributed by atoms with Crippen LogP contribution >= 0.6 is 11.8 Å². The van der Waals surface area contributed by atoms with E-state index in [1.165, 1.54) is 0 Å². The van der Waals surface area contributed by atoms with Gasteiger partial charge in [-0.2, -0.15) is 0 Å². The Morgan fingerprint density at radius 2 is 2.11 bits per heavy atom. The molecule has 1 saturated carbocycles. The Morgan fingerprint density at radius 1 is 1.37 bits per heavy atom. The van der Waals surface area contributed by atoms with Gasteiger partial charge in [-0.25, -0.2) is 0 Å². The van der Waals surface area contributed by atoms with Crippen LogP contribution in [-0.4, -0.2) is 48.9 Å². The lowest BCUT2D eigenvalue weighted by atomic mass is 9.65. The summed E-state index contributed by atoms with van der Waals surface area (Å²) in [6.45, 7) is 6.26. The maximum absolute atomic E-state index is 5.49. The van der Waals surface area contributed by atoms with Crippen molar-refractivity contribution in [3.8, 4) is 0 Å². The Kier molecular flexibility index (Phi) is 3.56. The van der Waals surface area contributed by atoms with Gasteiger partial charge in [-0.15, -0.1) is 0 Å². The highest BCUT2D eigenvalue weighted by Crippen LogP contribution is 2.45. The molecule has 0 radical (unpaired) electrons. The van der Waals surface area contributed by atoms with E-state index in [0.29, 0.717) is 12.1 Å². The fourth-order valence-electron chi connectivity index (χ4n) is 3.23. The second-order valence-electron chi connectivity index (χ2n) is 6.54. The Balaban J connectivity index is 1.64. The molecule has 1 N–H and O–H groups in total. The summed E-state index contributed by atoms with van der Waals surface area (Å²) < 4.78 is 11.0. The number of rotatable bonds is 2. The van der Waals surface area contributed by atoms with Crippen LogP contribution in [0.15, 0.2) is 4.99 Å². The summed E-state index contributed by atoms with van der Waals surface area (Å²) in [4.78, 5) is 4.93. The molecule has 3 fully saturated rings. The molecule has 2 atom stereocenters. The molecule has 1 spiro atoms. The first-order valence-corrected chi connectivity index (χ1v) is 8.14. The molecule has 1 aliphatic carbocycles. The van der Waals surface area contributed by atoms with Crippen LogP contribution in [0.1, 0.15) is 33.1 Å². The molecule has 2 unspecified atom stereocenters. The summed E-state index contributed by atoms with van der Waals surface area (Å²) in [5.74, 6) is 1.13. The van der Waals surface area contributed by atoms with Crippen molar-refractivity contribution in [2.24, 2.45) is 10.4 Å². The van der Waals surface area contributed by atoms with Gasteiger partial charge in [0.15, 0.2) is 5.17 Å². The monoisotopic (exact) mass is 284 g/mol. The SMILES string of the molecule is COC1CC(N=C2NC3(CCOCC3)CS2)C1(C)C. The predicted octanol–water partition coefficient (Wildman–Crippen LogP) is 2.04. The van der Waals surface area contributed by atoms with E-state index in [1.54, 1.807) is 7.11 Å². The number of thioether (sulfide) groups is 1. The Bertz CT molecular complexity index is 378. The van der Waals surface area contributed by atoms with Gasteiger partial charge in [-0.05, 0) is 19.3 Å². The molecule has 0 aromatic rings. The van der Waals surface area contributed by atoms with Crippen LogP contribution in [0.4, 0.5) is 0 Å². The summed E-state index contributed by atoms with van der Waals surface area (Å²) in [6.07, 6.45) is 3.61. The van der Waals surface area contributed by atoms with Crippen molar-refractivity contribution >= 4 is 16.9 Å². The molecule has 0 aromatic carbocycles. The van der Waals surface area contributed by atoms with E-state index in [4.69, 9.17) is 14.5 Å². The fraction of sp³-hybridized carbons (Fsp3) is 0.929. The van der Waals surface area contributed by atoms with Crippen molar-refractivity contribution in [2.75, 3.05) is 26.1 Å². The highest BCUT2D eigenvalue weighted by Gasteiger charge is 2.49. The van der Waals surface area contributed by atoms with Crippen LogP contribution in [0, 0.1) is 5.41 Å². The van der Waals surface area contributed by atoms with Crippen molar-refractivity contribution in [1.82, 2.24) is 5.32 Å². The van der Waals surface area contributed by atoms with Gasteiger partial charge in [-0.3, -0.25) is 4.99 Å². The zero-order valence-electron chi connectivity index (χ0n) is 12.1. The first-order chi connectivity index (χ1) is 9.06. The third-order valence-electron chi connectivity index (χ3n) is 4.99. The van der Waals surface area contributed by atoms with Crippen LogP contribution in [0.2, 0.25) is 0 Å². The smallest absolute Gasteiger partial charge is 0.157 e. The number of nitrogens with one attached hydrogen (secondary N) is 1. The molecule has 108 valence electrons. The van der Waals surface area contributed by atoms with Crippen molar-refractivity contribution in [1.29, 1.82) is 0 Å². The number of hydrogen-bond acceptors (Lipinski definition) is 4. The zero-order valence-corrected chi connectivity index (χ0v) is 12.9. The molecular weight excluding hydrogens is 260 g/mol. The molecule has 0 amide bonds. The molecule has 4 nitrogen and oxygen atoms in total. The van der Waals surface area contributed by atoms with E-state index >= 15 is 0 Å². The standard InChI is InChI=1S/C14H24N2O2S/c1-13(2)10(8-11(13)17-3)15-12-16-14(9-19-12)4-6-18-7-5-14/h10-11H,4-9H2,1-3H3,(H,15,16). The summed E-state index contributed by atoms with van der Waals surface area (Å²) in [5, 5.41) is 4.80.